The van der Waals surface area contributed by atoms with Gasteiger partial charge in [-0.1, -0.05) is 17.7 Å². The molecule has 1 aliphatic rings. The van der Waals surface area contributed by atoms with Crippen molar-refractivity contribution in [2.45, 2.75) is 71.0 Å². The van der Waals surface area contributed by atoms with Gasteiger partial charge in [-0.25, -0.2) is 0 Å². The zero-order valence-corrected chi connectivity index (χ0v) is 13.5. The van der Waals surface area contributed by atoms with Crippen molar-refractivity contribution in [3.8, 4) is 11.8 Å². The van der Waals surface area contributed by atoms with Gasteiger partial charge in [0, 0.05) is 11.1 Å². The molecule has 1 heterocycles. The summed E-state index contributed by atoms with van der Waals surface area (Å²) in [4.78, 5) is 13.8. The van der Waals surface area contributed by atoms with Gasteiger partial charge < -0.3 is 0 Å². The number of rotatable bonds is 1. The lowest BCUT2D eigenvalue weighted by atomic mass is 9.92. The first-order valence-electron chi connectivity index (χ1n) is 6.44. The number of thioether (sulfide) groups is 1. The van der Waals surface area contributed by atoms with Gasteiger partial charge in [0.25, 0.3) is 5.12 Å². The predicted octanol–water partition coefficient (Wildman–Crippen LogP) is 3.31. The normalized spacial score (nSPS) is 22.4. The molecule has 1 saturated heterocycles. The van der Waals surface area contributed by atoms with Crippen LogP contribution in [0.15, 0.2) is 0 Å². The number of hydrogen-bond donors (Lipinski definition) is 0. The van der Waals surface area contributed by atoms with E-state index in [4.69, 9.17) is 0 Å². The van der Waals surface area contributed by atoms with Crippen LogP contribution in [-0.4, -0.2) is 32.9 Å². The van der Waals surface area contributed by atoms with Crippen LogP contribution in [0.5, 0.6) is 0 Å². The summed E-state index contributed by atoms with van der Waals surface area (Å²) in [6.07, 6.45) is 4.11. The molecule has 0 amide bonds. The van der Waals surface area contributed by atoms with Crippen LogP contribution in [0.1, 0.15) is 54.4 Å². The Bertz CT molecular complexity index is 382. The van der Waals surface area contributed by atoms with E-state index in [9.17, 15) is 4.79 Å². The van der Waals surface area contributed by atoms with Crippen LogP contribution in [0.4, 0.5) is 0 Å². The highest BCUT2D eigenvalue weighted by atomic mass is 32.2. The lowest BCUT2D eigenvalue weighted by Gasteiger charge is -2.48. The molecule has 0 spiro atoms. The molecule has 2 nitrogen and oxygen atoms in total. The van der Waals surface area contributed by atoms with E-state index in [-0.39, 0.29) is 21.7 Å². The maximum absolute atomic E-state index is 11.4. The molecule has 0 bridgehead atoms. The first-order chi connectivity index (χ1) is 8.03. The van der Waals surface area contributed by atoms with Crippen LogP contribution in [0.25, 0.3) is 0 Å². The fourth-order valence-electron chi connectivity index (χ4n) is 3.48. The summed E-state index contributed by atoms with van der Waals surface area (Å²) in [5, 5.41) is -0.0575. The molecule has 102 valence electrons. The molecule has 0 radical (unpaired) electrons. The van der Waals surface area contributed by atoms with E-state index < -0.39 is 0 Å². The SMILES string of the molecule is CSC(=O)C#CC(C)(C)N1C(C)(C)CCC1(C)C. The van der Waals surface area contributed by atoms with Gasteiger partial charge >= 0.3 is 0 Å². The van der Waals surface area contributed by atoms with Gasteiger partial charge in [-0.15, -0.1) is 0 Å². The van der Waals surface area contributed by atoms with Crippen LogP contribution in [0, 0.1) is 11.8 Å². The summed E-state index contributed by atoms with van der Waals surface area (Å²) in [7, 11) is 0. The molecule has 0 aromatic heterocycles. The molecule has 0 atom stereocenters. The maximum Gasteiger partial charge on any atom is 0.262 e. The molecule has 0 unspecified atom stereocenters. The quantitative estimate of drug-likeness (QED) is 0.680. The van der Waals surface area contributed by atoms with Crippen molar-refractivity contribution in [3.63, 3.8) is 0 Å². The van der Waals surface area contributed by atoms with Gasteiger partial charge in [-0.05, 0) is 66.6 Å². The summed E-state index contributed by atoms with van der Waals surface area (Å²) in [6.45, 7) is 13.3. The summed E-state index contributed by atoms with van der Waals surface area (Å²) < 4.78 is 0. The minimum Gasteiger partial charge on any atom is -0.277 e. The van der Waals surface area contributed by atoms with E-state index in [0.717, 1.165) is 0 Å². The van der Waals surface area contributed by atoms with E-state index in [1.807, 2.05) is 0 Å². The molecule has 3 heteroatoms. The highest BCUT2D eigenvalue weighted by Crippen LogP contribution is 2.45. The smallest absolute Gasteiger partial charge is 0.262 e. The Morgan fingerprint density at radius 1 is 1.17 bits per heavy atom. The molecule has 0 saturated carbocycles. The second kappa shape index (κ2) is 4.90. The van der Waals surface area contributed by atoms with Crippen molar-refractivity contribution in [2.24, 2.45) is 0 Å². The molecule has 0 N–H and O–H groups in total. The molecule has 1 rings (SSSR count). The van der Waals surface area contributed by atoms with Crippen LogP contribution >= 0.6 is 11.8 Å². The third-order valence-electron chi connectivity index (χ3n) is 3.77. The molecule has 18 heavy (non-hydrogen) atoms. The molecule has 1 fully saturated rings. The zero-order valence-electron chi connectivity index (χ0n) is 12.7. The Kier molecular flexibility index (Phi) is 4.25. The first kappa shape index (κ1) is 15.6. The van der Waals surface area contributed by atoms with E-state index in [1.165, 1.54) is 24.6 Å². The Balaban J connectivity index is 3.08. The van der Waals surface area contributed by atoms with Crippen molar-refractivity contribution >= 4 is 16.9 Å². The van der Waals surface area contributed by atoms with Gasteiger partial charge in [0.2, 0.25) is 0 Å². The van der Waals surface area contributed by atoms with E-state index in [2.05, 4.69) is 58.3 Å². The predicted molar refractivity (Wildman–Crippen MR) is 79.6 cm³/mol. The van der Waals surface area contributed by atoms with E-state index >= 15 is 0 Å². The zero-order chi connectivity index (χ0) is 14.2. The lowest BCUT2D eigenvalue weighted by molar-refractivity contribution is -0.106. The van der Waals surface area contributed by atoms with Crippen molar-refractivity contribution < 1.29 is 4.79 Å². The van der Waals surface area contributed by atoms with Crippen LogP contribution in [0.3, 0.4) is 0 Å². The minimum absolute atomic E-state index is 0.0575. The van der Waals surface area contributed by atoms with Crippen LogP contribution in [-0.2, 0) is 4.79 Å². The highest BCUT2D eigenvalue weighted by Gasteiger charge is 2.50. The number of carbonyl (C=O) groups is 1. The van der Waals surface area contributed by atoms with Crippen molar-refractivity contribution in [3.05, 3.63) is 0 Å². The summed E-state index contributed by atoms with van der Waals surface area (Å²) in [5.41, 5.74) is -0.0247. The van der Waals surface area contributed by atoms with Gasteiger partial charge in [0.15, 0.2) is 0 Å². The van der Waals surface area contributed by atoms with Crippen molar-refractivity contribution in [2.75, 3.05) is 6.26 Å². The van der Waals surface area contributed by atoms with Gasteiger partial charge in [-0.2, -0.15) is 0 Å². The van der Waals surface area contributed by atoms with E-state index in [0.29, 0.717) is 0 Å². The fourth-order valence-corrected chi connectivity index (χ4v) is 3.63. The average molecular weight is 267 g/mol. The maximum atomic E-state index is 11.4. The number of nitrogens with zero attached hydrogens (tertiary/aromatic N) is 1. The second-order valence-electron chi connectivity index (χ2n) is 6.76. The Labute approximate surface area is 116 Å². The Hall–Kier alpha value is -0.460. The second-order valence-corrected chi connectivity index (χ2v) is 7.54. The van der Waals surface area contributed by atoms with Gasteiger partial charge in [-0.3, -0.25) is 9.69 Å². The highest BCUT2D eigenvalue weighted by molar-refractivity contribution is 8.13. The molecule has 0 aliphatic carbocycles. The number of hydrogen-bond acceptors (Lipinski definition) is 3. The standard InChI is InChI=1S/C15H25NOS/c1-13(2,9-8-12(17)18-7)16-14(3,4)10-11-15(16,5)6/h10-11H2,1-7H3. The fraction of sp³-hybridized carbons (Fsp3) is 0.800. The summed E-state index contributed by atoms with van der Waals surface area (Å²) in [5.74, 6) is 5.93. The van der Waals surface area contributed by atoms with Crippen LogP contribution < -0.4 is 0 Å². The first-order valence-corrected chi connectivity index (χ1v) is 7.67. The number of carbonyl (C=O) groups excluding carboxylic acids is 1. The average Bonchev–Trinajstić information content (AvgIpc) is 2.44. The largest absolute Gasteiger partial charge is 0.277 e. The third kappa shape index (κ3) is 3.10. The van der Waals surface area contributed by atoms with E-state index in [1.54, 1.807) is 6.26 Å². The number of likely N-dealkylation sites (tertiary alicyclic amines) is 1. The Morgan fingerprint density at radius 3 is 2.00 bits per heavy atom. The van der Waals surface area contributed by atoms with Crippen LogP contribution in [0.2, 0.25) is 0 Å². The monoisotopic (exact) mass is 267 g/mol. The third-order valence-corrected chi connectivity index (χ3v) is 4.25. The van der Waals surface area contributed by atoms with Gasteiger partial charge in [0.1, 0.15) is 0 Å². The van der Waals surface area contributed by atoms with Gasteiger partial charge in [0.05, 0.1) is 5.54 Å². The van der Waals surface area contributed by atoms with Crippen molar-refractivity contribution in [1.82, 2.24) is 4.90 Å². The minimum atomic E-state index is -0.283. The molecule has 0 aromatic carbocycles. The topological polar surface area (TPSA) is 20.3 Å². The molecular formula is C15H25NOS. The van der Waals surface area contributed by atoms with Crippen molar-refractivity contribution in [1.29, 1.82) is 0 Å². The summed E-state index contributed by atoms with van der Waals surface area (Å²) >= 11 is 1.18. The molecule has 0 aromatic rings. The Morgan fingerprint density at radius 2 is 1.61 bits per heavy atom. The summed E-state index contributed by atoms with van der Waals surface area (Å²) in [6, 6.07) is 0. The molecular weight excluding hydrogens is 242 g/mol. The molecule has 1 aliphatic heterocycles. The lowest BCUT2D eigenvalue weighted by Crippen LogP contribution is -2.58.